The van der Waals surface area contributed by atoms with E-state index >= 15 is 0 Å². The fourth-order valence-electron chi connectivity index (χ4n) is 3.67. The van der Waals surface area contributed by atoms with Crippen LogP contribution in [0.4, 0.5) is 23.1 Å². The summed E-state index contributed by atoms with van der Waals surface area (Å²) in [4.78, 5) is 21.9. The van der Waals surface area contributed by atoms with Crippen LogP contribution in [0.3, 0.4) is 0 Å². The number of rotatable bonds is 5. The number of nitrogens with one attached hydrogen (secondary N) is 2. The first kappa shape index (κ1) is 18.9. The molecule has 10 heteroatoms. The normalized spacial score (nSPS) is 20.1. The van der Waals surface area contributed by atoms with Crippen LogP contribution in [0.15, 0.2) is 18.7 Å². The molecule has 2 fully saturated rings. The molecule has 0 bridgehead atoms. The second-order valence-corrected chi connectivity index (χ2v) is 7.26. The van der Waals surface area contributed by atoms with Crippen LogP contribution < -0.4 is 20.4 Å². The molecule has 2 saturated heterocycles. The summed E-state index contributed by atoms with van der Waals surface area (Å²) in [6.07, 6.45) is 5.26. The zero-order chi connectivity index (χ0) is 19.3. The molecule has 0 spiro atoms. The lowest BCUT2D eigenvalue weighted by atomic mass is 10.1. The highest BCUT2D eigenvalue weighted by molar-refractivity contribution is 6.32. The summed E-state index contributed by atoms with van der Waals surface area (Å²) in [5, 5.41) is 7.00. The first-order valence-corrected chi connectivity index (χ1v) is 9.97. The van der Waals surface area contributed by atoms with E-state index in [0.717, 1.165) is 75.4 Å². The maximum absolute atomic E-state index is 6.17. The van der Waals surface area contributed by atoms with Gasteiger partial charge in [-0.3, -0.25) is 0 Å². The number of hydrogen-bond donors (Lipinski definition) is 2. The lowest BCUT2D eigenvalue weighted by Gasteiger charge is -2.35. The second-order valence-electron chi connectivity index (χ2n) is 6.90. The van der Waals surface area contributed by atoms with Gasteiger partial charge in [-0.25, -0.2) is 19.9 Å². The summed E-state index contributed by atoms with van der Waals surface area (Å²) in [6.45, 7) is 5.02. The molecule has 2 aliphatic heterocycles. The monoisotopic (exact) mass is 404 g/mol. The third kappa shape index (κ3) is 4.20. The third-order valence-corrected chi connectivity index (χ3v) is 5.40. The van der Waals surface area contributed by atoms with E-state index in [1.54, 1.807) is 6.33 Å². The molecule has 0 amide bonds. The van der Waals surface area contributed by atoms with Crippen LogP contribution in [-0.2, 0) is 4.74 Å². The lowest BCUT2D eigenvalue weighted by Crippen LogP contribution is -2.43. The van der Waals surface area contributed by atoms with Gasteiger partial charge < -0.3 is 25.2 Å². The molecule has 150 valence electrons. The largest absolute Gasteiger partial charge is 0.383 e. The van der Waals surface area contributed by atoms with E-state index < -0.39 is 0 Å². The molecule has 2 aliphatic rings. The number of morpholine rings is 1. The Bertz CT molecular complexity index is 801. The molecule has 0 radical (unpaired) electrons. The van der Waals surface area contributed by atoms with Crippen molar-refractivity contribution in [2.24, 2.45) is 0 Å². The highest BCUT2D eigenvalue weighted by Crippen LogP contribution is 2.28. The zero-order valence-electron chi connectivity index (χ0n) is 15.9. The average molecular weight is 405 g/mol. The summed E-state index contributed by atoms with van der Waals surface area (Å²) in [5.74, 6) is 2.65. The molecule has 4 heterocycles. The number of nitrogens with zero attached hydrogens (tertiary/aromatic N) is 6. The van der Waals surface area contributed by atoms with Crippen LogP contribution in [0.1, 0.15) is 12.8 Å². The Morgan fingerprint density at radius 2 is 1.79 bits per heavy atom. The Morgan fingerprint density at radius 3 is 2.57 bits per heavy atom. The summed E-state index contributed by atoms with van der Waals surface area (Å²) in [6, 6.07) is 2.32. The molecule has 0 saturated carbocycles. The van der Waals surface area contributed by atoms with E-state index in [4.69, 9.17) is 16.3 Å². The summed E-state index contributed by atoms with van der Waals surface area (Å²) < 4.78 is 5.44. The van der Waals surface area contributed by atoms with E-state index in [1.165, 1.54) is 6.33 Å². The highest BCUT2D eigenvalue weighted by atomic mass is 35.5. The van der Waals surface area contributed by atoms with E-state index in [1.807, 2.05) is 7.05 Å². The molecular weight excluding hydrogens is 380 g/mol. The van der Waals surface area contributed by atoms with E-state index in [-0.39, 0.29) is 6.04 Å². The summed E-state index contributed by atoms with van der Waals surface area (Å²) >= 11 is 6.17. The Hall–Kier alpha value is -2.39. The fraction of sp³-hybridized carbons (Fsp3) is 0.556. The predicted molar refractivity (Wildman–Crippen MR) is 111 cm³/mol. The van der Waals surface area contributed by atoms with Gasteiger partial charge in [0.1, 0.15) is 30.0 Å². The van der Waals surface area contributed by atoms with E-state index in [9.17, 15) is 0 Å². The van der Waals surface area contributed by atoms with E-state index in [2.05, 4.69) is 46.4 Å². The Labute approximate surface area is 169 Å². The van der Waals surface area contributed by atoms with Crippen molar-refractivity contribution in [3.05, 3.63) is 23.9 Å². The maximum atomic E-state index is 6.17. The number of halogens is 1. The number of piperidine rings is 1. The summed E-state index contributed by atoms with van der Waals surface area (Å²) in [5.41, 5.74) is 0.720. The standard InChI is InChI=1S/C18H25ClN8O/c1-20-16-17(19)23-12-24-18(16)25-13-3-2-4-27(10-13)15-9-14(21-11-22-15)26-5-7-28-8-6-26/h9,11-13,20H,2-8,10H2,1H3,(H,23,24,25). The van der Waals surface area contributed by atoms with Gasteiger partial charge >= 0.3 is 0 Å². The number of ether oxygens (including phenoxy) is 1. The maximum Gasteiger partial charge on any atom is 0.157 e. The smallest absolute Gasteiger partial charge is 0.157 e. The van der Waals surface area contributed by atoms with Crippen molar-refractivity contribution in [3.8, 4) is 0 Å². The Balaban J connectivity index is 1.46. The van der Waals surface area contributed by atoms with Crippen molar-refractivity contribution >= 4 is 34.7 Å². The van der Waals surface area contributed by atoms with Gasteiger partial charge in [-0.05, 0) is 12.8 Å². The predicted octanol–water partition coefficient (Wildman–Crippen LogP) is 1.88. The molecule has 0 aliphatic carbocycles. The fourth-order valence-corrected chi connectivity index (χ4v) is 3.89. The van der Waals surface area contributed by atoms with Crippen molar-refractivity contribution in [2.75, 3.05) is 66.9 Å². The molecule has 2 aromatic heterocycles. The molecule has 0 aromatic carbocycles. The van der Waals surface area contributed by atoms with Crippen molar-refractivity contribution in [3.63, 3.8) is 0 Å². The van der Waals surface area contributed by atoms with Crippen LogP contribution in [-0.4, -0.2) is 72.4 Å². The van der Waals surface area contributed by atoms with Crippen molar-refractivity contribution in [2.45, 2.75) is 18.9 Å². The minimum atomic E-state index is 0.244. The van der Waals surface area contributed by atoms with Crippen LogP contribution >= 0.6 is 11.6 Å². The van der Waals surface area contributed by atoms with Crippen LogP contribution in [0.2, 0.25) is 5.15 Å². The quantitative estimate of drug-likeness (QED) is 0.724. The first-order chi connectivity index (χ1) is 13.7. The SMILES string of the molecule is CNc1c(Cl)ncnc1NC1CCCN(c2cc(N3CCOCC3)ncn2)C1. The van der Waals surface area contributed by atoms with Gasteiger partial charge in [-0.15, -0.1) is 0 Å². The van der Waals surface area contributed by atoms with Crippen LogP contribution in [0.5, 0.6) is 0 Å². The van der Waals surface area contributed by atoms with Crippen molar-refractivity contribution < 1.29 is 4.74 Å². The van der Waals surface area contributed by atoms with Crippen LogP contribution in [0, 0.1) is 0 Å². The molecule has 9 nitrogen and oxygen atoms in total. The molecule has 28 heavy (non-hydrogen) atoms. The topological polar surface area (TPSA) is 91.3 Å². The number of anilines is 4. The molecule has 1 unspecified atom stereocenters. The minimum Gasteiger partial charge on any atom is -0.383 e. The minimum absolute atomic E-state index is 0.244. The average Bonchev–Trinajstić information content (AvgIpc) is 2.75. The van der Waals surface area contributed by atoms with Gasteiger partial charge in [0.15, 0.2) is 11.0 Å². The Morgan fingerprint density at radius 1 is 1.04 bits per heavy atom. The highest BCUT2D eigenvalue weighted by Gasteiger charge is 2.23. The van der Waals surface area contributed by atoms with Gasteiger partial charge in [0.25, 0.3) is 0 Å². The van der Waals surface area contributed by atoms with Crippen molar-refractivity contribution in [1.29, 1.82) is 0 Å². The molecular formula is C18H25ClN8O. The number of aromatic nitrogens is 4. The van der Waals surface area contributed by atoms with Crippen LogP contribution in [0.25, 0.3) is 0 Å². The molecule has 4 rings (SSSR count). The van der Waals surface area contributed by atoms with Gasteiger partial charge in [-0.1, -0.05) is 11.6 Å². The molecule has 2 aromatic rings. The summed E-state index contributed by atoms with van der Waals surface area (Å²) in [7, 11) is 1.82. The zero-order valence-corrected chi connectivity index (χ0v) is 16.7. The molecule has 2 N–H and O–H groups in total. The van der Waals surface area contributed by atoms with Gasteiger partial charge in [0, 0.05) is 45.3 Å². The van der Waals surface area contributed by atoms with Gasteiger partial charge in [0.05, 0.1) is 13.2 Å². The molecule has 1 atom stereocenters. The van der Waals surface area contributed by atoms with Gasteiger partial charge in [0.2, 0.25) is 0 Å². The lowest BCUT2D eigenvalue weighted by molar-refractivity contribution is 0.122. The van der Waals surface area contributed by atoms with Crippen molar-refractivity contribution in [1.82, 2.24) is 19.9 Å². The Kier molecular flexibility index (Phi) is 5.92. The third-order valence-electron chi connectivity index (χ3n) is 5.11. The number of hydrogen-bond acceptors (Lipinski definition) is 9. The first-order valence-electron chi connectivity index (χ1n) is 9.59. The second kappa shape index (κ2) is 8.74. The van der Waals surface area contributed by atoms with E-state index in [0.29, 0.717) is 5.15 Å². The van der Waals surface area contributed by atoms with Gasteiger partial charge in [-0.2, -0.15) is 0 Å².